The lowest BCUT2D eigenvalue weighted by molar-refractivity contribution is -0.143. The van der Waals surface area contributed by atoms with E-state index in [4.69, 9.17) is 4.74 Å². The molecule has 0 aromatic rings. The van der Waals surface area contributed by atoms with Gasteiger partial charge in [-0.2, -0.15) is 0 Å². The van der Waals surface area contributed by atoms with Crippen LogP contribution in [-0.2, 0) is 14.3 Å². The van der Waals surface area contributed by atoms with Crippen LogP contribution in [0.5, 0.6) is 0 Å². The Balaban J connectivity index is 3.41. The van der Waals surface area contributed by atoms with Crippen molar-refractivity contribution < 1.29 is 24.5 Å². The Hall–Kier alpha value is -1.40. The summed E-state index contributed by atoms with van der Waals surface area (Å²) in [5, 5.41) is 23.4. The maximum atomic E-state index is 12.6. The molecule has 1 amide bonds. The van der Waals surface area contributed by atoms with Crippen LogP contribution in [0.3, 0.4) is 0 Å². The number of aliphatic hydroxyl groups is 2. The molecule has 0 fully saturated rings. The number of carbonyl (C=O) groups is 2. The number of hydrogen-bond donors (Lipinski definition) is 3. The average molecular weight is 1100 g/mol. The lowest BCUT2D eigenvalue weighted by Gasteiger charge is -2.22. The molecular formula is C72H141NO5. The van der Waals surface area contributed by atoms with Gasteiger partial charge in [0.05, 0.1) is 25.4 Å². The van der Waals surface area contributed by atoms with Gasteiger partial charge < -0.3 is 20.3 Å². The van der Waals surface area contributed by atoms with E-state index < -0.39 is 12.1 Å². The molecule has 2 unspecified atom stereocenters. The summed E-state index contributed by atoms with van der Waals surface area (Å²) in [5.74, 6) is -0.0248. The largest absolute Gasteiger partial charge is 0.466 e. The van der Waals surface area contributed by atoms with Gasteiger partial charge in [0.1, 0.15) is 0 Å². The summed E-state index contributed by atoms with van der Waals surface area (Å²) < 4.78 is 5.49. The van der Waals surface area contributed by atoms with Gasteiger partial charge in [-0.05, 0) is 51.4 Å². The molecule has 0 aliphatic carbocycles. The van der Waals surface area contributed by atoms with Crippen molar-refractivity contribution in [3.05, 3.63) is 12.2 Å². The molecule has 0 saturated carbocycles. The molecule has 3 N–H and O–H groups in total. The number of ether oxygens (including phenoxy) is 1. The first-order valence-corrected chi connectivity index (χ1v) is 35.9. The Kier molecular flexibility index (Phi) is 66.9. The maximum Gasteiger partial charge on any atom is 0.305 e. The lowest BCUT2D eigenvalue weighted by atomic mass is 10.0. The topological polar surface area (TPSA) is 95.9 Å². The average Bonchev–Trinajstić information content (AvgIpc) is 3.44. The molecule has 6 nitrogen and oxygen atoms in total. The van der Waals surface area contributed by atoms with Gasteiger partial charge in [-0.3, -0.25) is 9.59 Å². The maximum absolute atomic E-state index is 12.6. The van der Waals surface area contributed by atoms with Crippen molar-refractivity contribution in [1.29, 1.82) is 0 Å². The third-order valence-electron chi connectivity index (χ3n) is 17.1. The highest BCUT2D eigenvalue weighted by atomic mass is 16.5. The molecule has 0 rings (SSSR count). The molecule has 0 heterocycles. The first-order valence-electron chi connectivity index (χ1n) is 35.9. The van der Waals surface area contributed by atoms with Crippen LogP contribution in [0.15, 0.2) is 12.2 Å². The zero-order chi connectivity index (χ0) is 56.4. The lowest BCUT2D eigenvalue weighted by Crippen LogP contribution is -2.45. The van der Waals surface area contributed by atoms with Crippen molar-refractivity contribution in [2.45, 2.75) is 424 Å². The fraction of sp³-hybridized carbons (Fsp3) is 0.944. The molecule has 2 atom stereocenters. The summed E-state index contributed by atoms with van der Waals surface area (Å²) >= 11 is 0. The Morgan fingerprint density at radius 3 is 0.910 bits per heavy atom. The number of nitrogens with one attached hydrogen (secondary N) is 1. The highest BCUT2D eigenvalue weighted by Crippen LogP contribution is 2.19. The van der Waals surface area contributed by atoms with Crippen molar-refractivity contribution in [1.82, 2.24) is 5.32 Å². The number of esters is 1. The Morgan fingerprint density at radius 2 is 0.603 bits per heavy atom. The second-order valence-corrected chi connectivity index (χ2v) is 24.9. The first-order chi connectivity index (χ1) is 38.5. The minimum Gasteiger partial charge on any atom is -0.466 e. The first kappa shape index (κ1) is 76.6. The van der Waals surface area contributed by atoms with Crippen molar-refractivity contribution in [2.24, 2.45) is 0 Å². The van der Waals surface area contributed by atoms with Crippen LogP contribution in [0.2, 0.25) is 0 Å². The minimum atomic E-state index is -0.670. The molecule has 0 spiro atoms. The fourth-order valence-electron chi connectivity index (χ4n) is 11.6. The number of allylic oxidation sites excluding steroid dienone is 2. The molecule has 0 aliphatic heterocycles. The van der Waals surface area contributed by atoms with Crippen LogP contribution in [0, 0.1) is 0 Å². The Bertz CT molecular complexity index is 1180. The van der Waals surface area contributed by atoms with Gasteiger partial charge in [-0.15, -0.1) is 0 Å². The minimum absolute atomic E-state index is 0.0125. The summed E-state index contributed by atoms with van der Waals surface area (Å²) in [7, 11) is 0. The van der Waals surface area contributed by atoms with Crippen LogP contribution < -0.4 is 5.32 Å². The molecule has 78 heavy (non-hydrogen) atoms. The summed E-state index contributed by atoms with van der Waals surface area (Å²) in [4.78, 5) is 24.6. The third-order valence-corrected chi connectivity index (χ3v) is 17.1. The van der Waals surface area contributed by atoms with Crippen LogP contribution in [-0.4, -0.2) is 47.4 Å². The summed E-state index contributed by atoms with van der Waals surface area (Å²) in [5.41, 5.74) is 0. The number of carbonyl (C=O) groups excluding carboxylic acids is 2. The Labute approximate surface area is 489 Å². The van der Waals surface area contributed by atoms with Gasteiger partial charge in [-0.25, -0.2) is 0 Å². The second-order valence-electron chi connectivity index (χ2n) is 24.9. The van der Waals surface area contributed by atoms with E-state index in [2.05, 4.69) is 31.3 Å². The molecular weight excluding hydrogens is 959 g/mol. The zero-order valence-electron chi connectivity index (χ0n) is 53.2. The van der Waals surface area contributed by atoms with Crippen molar-refractivity contribution in [2.75, 3.05) is 13.2 Å². The van der Waals surface area contributed by atoms with E-state index in [9.17, 15) is 19.8 Å². The number of aliphatic hydroxyl groups excluding tert-OH is 2. The van der Waals surface area contributed by atoms with Crippen LogP contribution in [0.4, 0.5) is 0 Å². The molecule has 0 aromatic heterocycles. The highest BCUT2D eigenvalue weighted by Gasteiger charge is 2.20. The third kappa shape index (κ3) is 63.8. The van der Waals surface area contributed by atoms with Crippen molar-refractivity contribution in [3.63, 3.8) is 0 Å². The van der Waals surface area contributed by atoms with Gasteiger partial charge in [0, 0.05) is 12.8 Å². The van der Waals surface area contributed by atoms with E-state index in [0.29, 0.717) is 25.9 Å². The molecule has 464 valence electrons. The number of amides is 1. The standard InChI is InChI=1S/C72H141NO5/c1-3-5-7-9-11-13-15-17-19-20-21-22-23-24-25-27-30-33-37-40-44-48-52-56-60-64-70(75)69(68-74)73-71(76)65-61-57-53-49-45-41-38-34-31-28-26-29-32-35-39-43-47-51-55-59-63-67-78-72(77)66-62-58-54-50-46-42-36-18-16-14-12-10-8-6-4-2/h28,31,69-70,74-75H,3-27,29-30,32-68H2,1-2H3,(H,73,76)/b31-28-. The highest BCUT2D eigenvalue weighted by molar-refractivity contribution is 5.76. The number of hydrogen-bond acceptors (Lipinski definition) is 5. The van der Waals surface area contributed by atoms with Gasteiger partial charge in [0.25, 0.3) is 0 Å². The van der Waals surface area contributed by atoms with E-state index in [-0.39, 0.29) is 18.5 Å². The summed E-state index contributed by atoms with van der Waals surface area (Å²) in [6.45, 7) is 4.99. The van der Waals surface area contributed by atoms with Crippen LogP contribution in [0.25, 0.3) is 0 Å². The second kappa shape index (κ2) is 68.1. The van der Waals surface area contributed by atoms with E-state index in [1.165, 1.54) is 340 Å². The van der Waals surface area contributed by atoms with Crippen molar-refractivity contribution >= 4 is 11.9 Å². The van der Waals surface area contributed by atoms with Gasteiger partial charge in [0.15, 0.2) is 0 Å². The number of rotatable bonds is 68. The molecule has 0 aliphatic rings. The smallest absolute Gasteiger partial charge is 0.305 e. The van der Waals surface area contributed by atoms with E-state index in [1.54, 1.807) is 0 Å². The quantitative estimate of drug-likeness (QED) is 0.0320. The molecule has 0 radical (unpaired) electrons. The zero-order valence-corrected chi connectivity index (χ0v) is 53.2. The van der Waals surface area contributed by atoms with Crippen LogP contribution in [0.1, 0.15) is 412 Å². The van der Waals surface area contributed by atoms with Gasteiger partial charge >= 0.3 is 5.97 Å². The number of unbranched alkanes of at least 4 members (excludes halogenated alkanes) is 55. The summed E-state index contributed by atoms with van der Waals surface area (Å²) in [6, 6.07) is -0.548. The SMILES string of the molecule is CCCCCCCCCCCCCCCCCCCCCCCCCCCC(O)C(CO)NC(=O)CCCCCCCCC/C=C\CCCCCCCCCCCCOC(=O)CCCCCCCCCCCCCCCCC. The van der Waals surface area contributed by atoms with E-state index >= 15 is 0 Å². The monoisotopic (exact) mass is 1100 g/mol. The predicted molar refractivity (Wildman–Crippen MR) is 343 cm³/mol. The predicted octanol–water partition coefficient (Wildman–Crippen LogP) is 23.1. The Morgan fingerprint density at radius 1 is 0.346 bits per heavy atom. The van der Waals surface area contributed by atoms with Gasteiger partial charge in [-0.1, -0.05) is 360 Å². The fourth-order valence-corrected chi connectivity index (χ4v) is 11.6. The van der Waals surface area contributed by atoms with Gasteiger partial charge in [0.2, 0.25) is 5.91 Å². The normalized spacial score (nSPS) is 12.5. The molecule has 0 bridgehead atoms. The van der Waals surface area contributed by atoms with Crippen LogP contribution >= 0.6 is 0 Å². The molecule has 6 heteroatoms. The van der Waals surface area contributed by atoms with E-state index in [0.717, 1.165) is 38.5 Å². The molecule has 0 aromatic carbocycles. The molecule has 0 saturated heterocycles. The summed E-state index contributed by atoms with van der Waals surface area (Å²) in [6.07, 6.45) is 84.0. The van der Waals surface area contributed by atoms with E-state index in [1.807, 2.05) is 0 Å². The van der Waals surface area contributed by atoms with Crippen molar-refractivity contribution in [3.8, 4) is 0 Å².